The van der Waals surface area contributed by atoms with Crippen molar-refractivity contribution in [2.75, 3.05) is 7.11 Å². The summed E-state index contributed by atoms with van der Waals surface area (Å²) in [5.74, 6) is -0.868. The van der Waals surface area contributed by atoms with Crippen molar-refractivity contribution in [3.8, 4) is 16.9 Å². The molecular formula is C31H26ClNO4. The summed E-state index contributed by atoms with van der Waals surface area (Å²) in [5.41, 5.74) is 3.93. The third-order valence-electron chi connectivity index (χ3n) is 7.01. The van der Waals surface area contributed by atoms with E-state index in [1.54, 1.807) is 25.3 Å². The Morgan fingerprint density at radius 1 is 0.865 bits per heavy atom. The van der Waals surface area contributed by atoms with E-state index in [0.717, 1.165) is 28.0 Å². The van der Waals surface area contributed by atoms with Gasteiger partial charge >= 0.3 is 5.97 Å². The number of para-hydroxylation sites is 1. The second kappa shape index (κ2) is 10.5. The number of carboxylic acid groups (broad SMARTS) is 1. The minimum absolute atomic E-state index is 0.223. The molecule has 5 nitrogen and oxygen atoms in total. The van der Waals surface area contributed by atoms with Gasteiger partial charge in [-0.05, 0) is 47.4 Å². The summed E-state index contributed by atoms with van der Waals surface area (Å²) in [5, 5.41) is 10.7. The van der Waals surface area contributed by atoms with E-state index in [0.29, 0.717) is 17.0 Å². The minimum Gasteiger partial charge on any atom is -0.496 e. The van der Waals surface area contributed by atoms with Gasteiger partial charge in [0.1, 0.15) is 11.8 Å². The van der Waals surface area contributed by atoms with Gasteiger partial charge in [-0.25, -0.2) is 4.79 Å². The van der Waals surface area contributed by atoms with E-state index >= 15 is 0 Å². The van der Waals surface area contributed by atoms with Crippen LogP contribution in [0.2, 0.25) is 5.02 Å². The number of hydrogen-bond acceptors (Lipinski definition) is 3. The Kier molecular flexibility index (Phi) is 6.97. The van der Waals surface area contributed by atoms with E-state index in [4.69, 9.17) is 16.3 Å². The standard InChI is InChI=1S/C31H26ClNO4/c1-37-28-14-8-6-11-23(28)21-15-17-22(18-16-21)30(34)33-27(31(35)36)19-25(20-9-3-2-4-10-20)29(33)24-12-5-7-13-26(24)32/h2-18,25,27,29H,19H2,1H3,(H,35,36)/t25-,27+,29?/m1/s1. The van der Waals surface area contributed by atoms with Crippen LogP contribution in [-0.2, 0) is 4.79 Å². The second-order valence-corrected chi connectivity index (χ2v) is 9.47. The number of hydrogen-bond donors (Lipinski definition) is 1. The zero-order valence-electron chi connectivity index (χ0n) is 20.3. The summed E-state index contributed by atoms with van der Waals surface area (Å²) in [6.07, 6.45) is 0.292. The van der Waals surface area contributed by atoms with Crippen LogP contribution in [0.5, 0.6) is 5.75 Å². The molecule has 1 amide bonds. The second-order valence-electron chi connectivity index (χ2n) is 9.06. The van der Waals surface area contributed by atoms with Gasteiger partial charge < -0.3 is 14.7 Å². The van der Waals surface area contributed by atoms with Gasteiger partial charge in [0.15, 0.2) is 0 Å². The van der Waals surface area contributed by atoms with Crippen molar-refractivity contribution in [2.24, 2.45) is 0 Å². The molecule has 1 fully saturated rings. The molecule has 4 aromatic carbocycles. The molecule has 1 aliphatic heterocycles. The fourth-order valence-electron chi connectivity index (χ4n) is 5.28. The normalized spacial score (nSPS) is 19.0. The Labute approximate surface area is 220 Å². The van der Waals surface area contributed by atoms with Crippen molar-refractivity contribution in [1.82, 2.24) is 4.90 Å². The third kappa shape index (κ3) is 4.70. The zero-order chi connectivity index (χ0) is 25.9. The van der Waals surface area contributed by atoms with E-state index in [2.05, 4.69) is 0 Å². The van der Waals surface area contributed by atoms with Gasteiger partial charge in [-0.2, -0.15) is 0 Å². The highest BCUT2D eigenvalue weighted by molar-refractivity contribution is 6.31. The highest BCUT2D eigenvalue weighted by atomic mass is 35.5. The van der Waals surface area contributed by atoms with Crippen molar-refractivity contribution in [3.05, 3.63) is 125 Å². The summed E-state index contributed by atoms with van der Waals surface area (Å²) in [7, 11) is 1.62. The quantitative estimate of drug-likeness (QED) is 0.308. The molecule has 1 N–H and O–H groups in total. The maximum absolute atomic E-state index is 14.0. The number of ether oxygens (including phenoxy) is 1. The molecule has 4 aromatic rings. The lowest BCUT2D eigenvalue weighted by molar-refractivity contribution is -0.141. The Morgan fingerprint density at radius 2 is 1.51 bits per heavy atom. The first-order valence-electron chi connectivity index (χ1n) is 12.1. The van der Waals surface area contributed by atoms with Gasteiger partial charge in [-0.1, -0.05) is 90.5 Å². The van der Waals surface area contributed by atoms with Crippen LogP contribution < -0.4 is 4.74 Å². The first-order chi connectivity index (χ1) is 18.0. The Hall–Kier alpha value is -4.09. The largest absolute Gasteiger partial charge is 0.496 e. The number of benzene rings is 4. The number of amides is 1. The molecule has 1 saturated heterocycles. The van der Waals surface area contributed by atoms with Crippen LogP contribution in [0.15, 0.2) is 103 Å². The molecule has 0 bridgehead atoms. The predicted molar refractivity (Wildman–Crippen MR) is 144 cm³/mol. The van der Waals surface area contributed by atoms with Crippen molar-refractivity contribution < 1.29 is 19.4 Å². The van der Waals surface area contributed by atoms with Crippen molar-refractivity contribution in [2.45, 2.75) is 24.4 Å². The number of halogens is 1. The SMILES string of the molecule is COc1ccccc1-c1ccc(C(=O)N2C(c3ccccc3Cl)[C@@H](c3ccccc3)C[C@H]2C(=O)O)cc1. The fraction of sp³-hybridized carbons (Fsp3) is 0.161. The van der Waals surface area contributed by atoms with Crippen molar-refractivity contribution >= 4 is 23.5 Å². The summed E-state index contributed by atoms with van der Waals surface area (Å²) < 4.78 is 5.47. The summed E-state index contributed by atoms with van der Waals surface area (Å²) in [4.78, 5) is 28.0. The molecule has 186 valence electrons. The minimum atomic E-state index is -1.03. The fourth-order valence-corrected chi connectivity index (χ4v) is 5.53. The number of methoxy groups -OCH3 is 1. The highest BCUT2D eigenvalue weighted by Gasteiger charge is 2.49. The third-order valence-corrected chi connectivity index (χ3v) is 7.36. The molecule has 5 rings (SSSR count). The van der Waals surface area contributed by atoms with E-state index in [-0.39, 0.29) is 11.8 Å². The van der Waals surface area contributed by atoms with Crippen LogP contribution in [0, 0.1) is 0 Å². The molecule has 6 heteroatoms. The molecule has 1 unspecified atom stereocenters. The van der Waals surface area contributed by atoms with E-state index in [1.807, 2.05) is 84.9 Å². The lowest BCUT2D eigenvalue weighted by atomic mass is 9.87. The van der Waals surface area contributed by atoms with E-state index in [1.165, 1.54) is 4.90 Å². The van der Waals surface area contributed by atoms with Crippen molar-refractivity contribution in [3.63, 3.8) is 0 Å². The molecule has 0 spiro atoms. The Balaban J connectivity index is 1.57. The first-order valence-corrected chi connectivity index (χ1v) is 12.5. The summed E-state index contributed by atoms with van der Waals surface area (Å²) >= 11 is 6.62. The number of carbonyl (C=O) groups is 2. The number of likely N-dealkylation sites (tertiary alicyclic amines) is 1. The number of carboxylic acids is 1. The van der Waals surface area contributed by atoms with Gasteiger partial charge in [0.2, 0.25) is 0 Å². The number of carbonyl (C=O) groups excluding carboxylic acids is 1. The van der Waals surface area contributed by atoms with Gasteiger partial charge in [0.25, 0.3) is 5.91 Å². The number of aliphatic carboxylic acids is 1. The van der Waals surface area contributed by atoms with Crippen LogP contribution in [0.1, 0.15) is 39.9 Å². The molecule has 1 aliphatic rings. The maximum Gasteiger partial charge on any atom is 0.326 e. The van der Waals surface area contributed by atoms with Crippen LogP contribution in [0.4, 0.5) is 0 Å². The molecule has 3 atom stereocenters. The molecule has 1 heterocycles. The van der Waals surface area contributed by atoms with Gasteiger partial charge in [0.05, 0.1) is 13.2 Å². The molecule has 0 aliphatic carbocycles. The first kappa shape index (κ1) is 24.6. The van der Waals surface area contributed by atoms with Crippen molar-refractivity contribution in [1.29, 1.82) is 0 Å². The van der Waals surface area contributed by atoms with Crippen LogP contribution in [-0.4, -0.2) is 35.0 Å². The molecule has 0 radical (unpaired) electrons. The lowest BCUT2D eigenvalue weighted by Crippen LogP contribution is -2.42. The monoisotopic (exact) mass is 511 g/mol. The summed E-state index contributed by atoms with van der Waals surface area (Å²) in [6, 6.07) is 30.4. The highest BCUT2D eigenvalue weighted by Crippen LogP contribution is 2.49. The predicted octanol–water partition coefficient (Wildman–Crippen LogP) is 6.84. The topological polar surface area (TPSA) is 66.8 Å². The van der Waals surface area contributed by atoms with Gasteiger partial charge in [-0.3, -0.25) is 4.79 Å². The summed E-state index contributed by atoms with van der Waals surface area (Å²) in [6.45, 7) is 0. The number of rotatable bonds is 6. The van der Waals surface area contributed by atoms with Crippen LogP contribution >= 0.6 is 11.6 Å². The zero-order valence-corrected chi connectivity index (χ0v) is 21.0. The van der Waals surface area contributed by atoms with E-state index in [9.17, 15) is 14.7 Å². The Bertz CT molecular complexity index is 1420. The van der Waals surface area contributed by atoms with Gasteiger partial charge in [0, 0.05) is 22.1 Å². The lowest BCUT2D eigenvalue weighted by Gasteiger charge is -2.31. The molecule has 0 aromatic heterocycles. The Morgan fingerprint density at radius 3 is 2.19 bits per heavy atom. The smallest absolute Gasteiger partial charge is 0.326 e. The van der Waals surface area contributed by atoms with E-state index < -0.39 is 18.1 Å². The molecule has 0 saturated carbocycles. The maximum atomic E-state index is 14.0. The average Bonchev–Trinajstić information content (AvgIpc) is 3.34. The van der Waals surface area contributed by atoms with Crippen LogP contribution in [0.3, 0.4) is 0 Å². The van der Waals surface area contributed by atoms with Crippen LogP contribution in [0.25, 0.3) is 11.1 Å². The van der Waals surface area contributed by atoms with Gasteiger partial charge in [-0.15, -0.1) is 0 Å². The molecular weight excluding hydrogens is 486 g/mol. The average molecular weight is 512 g/mol. The molecule has 37 heavy (non-hydrogen) atoms. The number of nitrogens with zero attached hydrogens (tertiary/aromatic N) is 1.